The zero-order chi connectivity index (χ0) is 70.1. The SMILES string of the molecule is CC(C)C[C@H](NC(=O)[C@H](CCCCN)NC(=O)[C@H](CCCN=C(N)N)NC(=O)[C@@H](N)CCCCN)C(=O)NCC(=O)N[C@@H](Cc1ccccc1)C(=O)N[C@@H](Cc1ccc(O)cc1)C(=O)N[C@@H](CCC(=O)O)C(=O)N[C@@H](Cc1c[nH]c2ccccc12)C(=O)N[C@H](C(=O)O)[C@@H](C)O. The van der Waals surface area contributed by atoms with Gasteiger partial charge in [0, 0.05) is 49.3 Å². The highest BCUT2D eigenvalue weighted by Gasteiger charge is 2.36. The van der Waals surface area contributed by atoms with E-state index in [0.29, 0.717) is 66.2 Å². The maximum atomic E-state index is 14.7. The first-order chi connectivity index (χ1) is 45.2. The molecule has 3 aromatic carbocycles. The van der Waals surface area contributed by atoms with Crippen LogP contribution < -0.4 is 76.5 Å². The van der Waals surface area contributed by atoms with Gasteiger partial charge in [-0.1, -0.05) is 80.9 Å². The Morgan fingerprint density at radius 3 is 1.57 bits per heavy atom. The summed E-state index contributed by atoms with van der Waals surface area (Å²) in [5, 5.41) is 63.7. The van der Waals surface area contributed by atoms with Gasteiger partial charge in [-0.15, -0.1) is 0 Å². The summed E-state index contributed by atoms with van der Waals surface area (Å²) in [6, 6.07) is 7.97. The number of phenolic OH excluding ortho intramolecular Hbond substituents is 1. The lowest BCUT2D eigenvalue weighted by atomic mass is 10.0. The van der Waals surface area contributed by atoms with E-state index in [9.17, 15) is 73.2 Å². The summed E-state index contributed by atoms with van der Waals surface area (Å²) in [6.07, 6.45) is 0.693. The molecule has 24 N–H and O–H groups in total. The molecule has 4 aromatic rings. The number of nitrogens with two attached hydrogens (primary N) is 5. The number of H-pyrrole nitrogens is 1. The van der Waals surface area contributed by atoms with Gasteiger partial charge in [-0.3, -0.25) is 52.9 Å². The minimum absolute atomic E-state index is 0.0502. The minimum Gasteiger partial charge on any atom is -0.508 e. The largest absolute Gasteiger partial charge is 0.508 e. The number of aliphatic hydroxyl groups excluding tert-OH is 1. The fourth-order valence-electron chi connectivity index (χ4n) is 10.1. The number of amides is 9. The number of aromatic hydroxyl groups is 1. The fraction of sp³-hybridized carbons (Fsp3) is 0.500. The number of phenols is 1. The molecule has 95 heavy (non-hydrogen) atoms. The highest BCUT2D eigenvalue weighted by atomic mass is 16.4. The van der Waals surface area contributed by atoms with Gasteiger partial charge in [0.2, 0.25) is 53.2 Å². The molecule has 31 nitrogen and oxygen atoms in total. The average molecular weight is 1330 g/mol. The van der Waals surface area contributed by atoms with Crippen LogP contribution >= 0.6 is 0 Å². The second-order valence-electron chi connectivity index (χ2n) is 23.6. The Hall–Kier alpha value is -9.72. The molecule has 0 spiro atoms. The van der Waals surface area contributed by atoms with E-state index in [4.69, 9.17) is 28.7 Å². The topological polar surface area (TPSA) is 535 Å². The number of nitrogens with zero attached hydrogens (tertiary/aromatic N) is 1. The van der Waals surface area contributed by atoms with Crippen LogP contribution in [0.15, 0.2) is 90.1 Å². The van der Waals surface area contributed by atoms with Gasteiger partial charge >= 0.3 is 11.9 Å². The third kappa shape index (κ3) is 27.8. The van der Waals surface area contributed by atoms with Gasteiger partial charge < -0.3 is 102 Å². The third-order valence-corrected chi connectivity index (χ3v) is 15.2. The molecule has 1 heterocycles. The Kier molecular flexibility index (Phi) is 33.1. The van der Waals surface area contributed by atoms with Gasteiger partial charge in [0.1, 0.15) is 48.0 Å². The predicted octanol–water partition coefficient (Wildman–Crippen LogP) is -2.09. The Labute approximate surface area is 550 Å². The van der Waals surface area contributed by atoms with E-state index in [2.05, 4.69) is 57.8 Å². The van der Waals surface area contributed by atoms with E-state index in [1.807, 2.05) is 0 Å². The van der Waals surface area contributed by atoms with E-state index in [0.717, 1.165) is 6.92 Å². The molecule has 4 rings (SSSR count). The monoisotopic (exact) mass is 1330 g/mol. The molecule has 10 atom stereocenters. The van der Waals surface area contributed by atoms with Gasteiger partial charge in [0.25, 0.3) is 0 Å². The number of para-hydroxylation sites is 1. The lowest BCUT2D eigenvalue weighted by molar-refractivity contribution is -0.145. The number of hydrogen-bond donors (Lipinski definition) is 19. The Balaban J connectivity index is 1.60. The quantitative estimate of drug-likeness (QED) is 0.0128. The number of aromatic nitrogens is 1. The van der Waals surface area contributed by atoms with E-state index in [1.54, 1.807) is 74.6 Å². The number of hydrogen-bond acceptors (Lipinski definition) is 17. The molecule has 520 valence electrons. The molecule has 0 unspecified atom stereocenters. The summed E-state index contributed by atoms with van der Waals surface area (Å²) in [5.41, 5.74) is 30.6. The summed E-state index contributed by atoms with van der Waals surface area (Å²) in [7, 11) is 0. The normalized spacial score (nSPS) is 14.3. The standard InChI is InChI=1S/C64H94N16O15/c1-36(2)30-48(77-58(89)45(19-10-12-28-66)75-57(88)46(20-13-29-70-64(68)69)74-55(86)43(67)17-9-11-27-65)56(87)72-35-52(83)73-49(31-38-14-5-4-6-15-38)60(91)78-50(32-39-21-23-41(82)24-22-39)61(92)76-47(25-26-53(84)85)59(90)79-51(62(93)80-54(37(3)81)63(94)95)33-40-34-71-44-18-8-7-16-42(40)44/h4-8,14-16,18,21-24,34,36-37,43,45-51,54,71,81-82H,9-13,17,19-20,25-33,35,65-67H2,1-3H3,(H,72,87)(H,73,83)(H,74,86)(H,75,88)(H,76,92)(H,77,89)(H,78,91)(H,79,90)(H,80,93)(H,84,85)(H,94,95)(H4,68,69,70)/t37-,43+,45+,46+,47+,48+,49+,50+,51+,54+/m1/s1. The van der Waals surface area contributed by atoms with Crippen molar-refractivity contribution < 1.29 is 73.2 Å². The first-order valence-corrected chi connectivity index (χ1v) is 31.6. The van der Waals surface area contributed by atoms with Crippen LogP contribution in [0.3, 0.4) is 0 Å². The van der Waals surface area contributed by atoms with Crippen molar-refractivity contribution in [1.82, 2.24) is 52.8 Å². The van der Waals surface area contributed by atoms with E-state index in [-0.39, 0.29) is 75.7 Å². The molecule has 0 aliphatic heterocycles. The van der Waals surface area contributed by atoms with Crippen molar-refractivity contribution in [2.24, 2.45) is 39.6 Å². The van der Waals surface area contributed by atoms with Crippen LogP contribution in [0.5, 0.6) is 5.75 Å². The Morgan fingerprint density at radius 2 is 1.01 bits per heavy atom. The third-order valence-electron chi connectivity index (χ3n) is 15.2. The molecular weight excluding hydrogens is 1230 g/mol. The van der Waals surface area contributed by atoms with Crippen molar-refractivity contribution in [2.75, 3.05) is 26.2 Å². The van der Waals surface area contributed by atoms with Crippen molar-refractivity contribution in [1.29, 1.82) is 0 Å². The number of benzene rings is 3. The molecule has 0 fully saturated rings. The maximum absolute atomic E-state index is 14.7. The number of aromatic amines is 1. The average Bonchev–Trinajstić information content (AvgIpc) is 1.81. The highest BCUT2D eigenvalue weighted by Crippen LogP contribution is 2.20. The zero-order valence-corrected chi connectivity index (χ0v) is 53.8. The molecule has 0 saturated heterocycles. The van der Waals surface area contributed by atoms with Crippen LogP contribution in [0, 0.1) is 5.92 Å². The highest BCUT2D eigenvalue weighted by molar-refractivity contribution is 5.98. The number of aliphatic imine (C=N–C) groups is 1. The van der Waals surface area contributed by atoms with Crippen molar-refractivity contribution >= 4 is 82.0 Å². The number of carbonyl (C=O) groups excluding carboxylic acids is 9. The molecule has 0 saturated carbocycles. The number of unbranched alkanes of at least 4 members (excludes halogenated alkanes) is 2. The van der Waals surface area contributed by atoms with Gasteiger partial charge in [-0.2, -0.15) is 0 Å². The summed E-state index contributed by atoms with van der Waals surface area (Å²) >= 11 is 0. The lowest BCUT2D eigenvalue weighted by Gasteiger charge is -2.27. The molecule has 0 aliphatic rings. The maximum Gasteiger partial charge on any atom is 0.328 e. The van der Waals surface area contributed by atoms with Gasteiger partial charge in [0.15, 0.2) is 12.0 Å². The van der Waals surface area contributed by atoms with Crippen molar-refractivity contribution in [3.8, 4) is 5.75 Å². The number of fused-ring (bicyclic) bond motifs is 1. The number of carboxylic acid groups (broad SMARTS) is 2. The lowest BCUT2D eigenvalue weighted by Crippen LogP contribution is -2.60. The number of rotatable bonds is 43. The number of carboxylic acids is 2. The van der Waals surface area contributed by atoms with Gasteiger partial charge in [-0.25, -0.2) is 4.79 Å². The van der Waals surface area contributed by atoms with Gasteiger partial charge in [-0.05, 0) is 119 Å². The second-order valence-corrected chi connectivity index (χ2v) is 23.6. The second kappa shape index (κ2) is 40.4. The van der Waals surface area contributed by atoms with Crippen molar-refractivity contribution in [3.05, 3.63) is 102 Å². The van der Waals surface area contributed by atoms with Crippen LogP contribution in [0.4, 0.5) is 0 Å². The molecule has 0 aliphatic carbocycles. The number of nitrogens with one attached hydrogen (secondary N) is 10. The summed E-state index contributed by atoms with van der Waals surface area (Å²) in [4.78, 5) is 158. The van der Waals surface area contributed by atoms with Gasteiger partial charge in [0.05, 0.1) is 18.7 Å². The van der Waals surface area contributed by atoms with Crippen molar-refractivity contribution in [2.45, 2.75) is 171 Å². The molecule has 31 heteroatoms. The molecule has 9 amide bonds. The summed E-state index contributed by atoms with van der Waals surface area (Å²) in [6.45, 7) is 4.74. The summed E-state index contributed by atoms with van der Waals surface area (Å²) in [5.74, 6) is -11.4. The molecule has 1 aromatic heterocycles. The van der Waals surface area contributed by atoms with Crippen LogP contribution in [-0.2, 0) is 72.0 Å². The number of aliphatic carboxylic acids is 2. The zero-order valence-electron chi connectivity index (χ0n) is 53.8. The molecule has 0 bridgehead atoms. The predicted molar refractivity (Wildman–Crippen MR) is 352 cm³/mol. The minimum atomic E-state index is -1.82. The van der Waals surface area contributed by atoms with E-state index in [1.165, 1.54) is 24.3 Å². The Morgan fingerprint density at radius 1 is 0.526 bits per heavy atom. The van der Waals surface area contributed by atoms with Crippen LogP contribution in [0.25, 0.3) is 10.9 Å². The first kappa shape index (κ1) is 77.7. The molecule has 0 radical (unpaired) electrons. The van der Waals surface area contributed by atoms with Crippen LogP contribution in [-0.4, -0.2) is 183 Å². The molecular formula is C64H94N16O15. The van der Waals surface area contributed by atoms with E-state index >= 15 is 0 Å². The smallest absolute Gasteiger partial charge is 0.328 e. The number of guanidine groups is 1. The van der Waals surface area contributed by atoms with Crippen molar-refractivity contribution in [3.63, 3.8) is 0 Å². The fourth-order valence-corrected chi connectivity index (χ4v) is 10.1. The Bertz CT molecular complexity index is 3220. The van der Waals surface area contributed by atoms with Crippen LogP contribution in [0.2, 0.25) is 0 Å². The first-order valence-electron chi connectivity index (χ1n) is 31.6. The number of carbonyl (C=O) groups is 11. The van der Waals surface area contributed by atoms with E-state index < -0.39 is 145 Å². The van der Waals surface area contributed by atoms with Crippen LogP contribution in [0.1, 0.15) is 108 Å². The number of aliphatic hydroxyl groups is 1. The summed E-state index contributed by atoms with van der Waals surface area (Å²) < 4.78 is 0.